The van der Waals surface area contributed by atoms with E-state index in [2.05, 4.69) is 14.6 Å². The molecule has 2 heterocycles. The Hall–Kier alpha value is -1.78. The summed E-state index contributed by atoms with van der Waals surface area (Å²) < 4.78 is 48.1. The minimum absolute atomic E-state index is 0.0677. The summed E-state index contributed by atoms with van der Waals surface area (Å²) >= 11 is 6.00. The quantitative estimate of drug-likeness (QED) is 0.731. The Kier molecular flexibility index (Phi) is 6.84. The normalized spacial score (nSPS) is 15.2. The fraction of sp³-hybridized carbons (Fsp3) is 0.389. The second-order valence-corrected chi connectivity index (χ2v) is 8.64. The second-order valence-electron chi connectivity index (χ2n) is 6.37. The van der Waals surface area contributed by atoms with Gasteiger partial charge in [0.25, 0.3) is 10.2 Å². The van der Waals surface area contributed by atoms with Gasteiger partial charge in [-0.25, -0.2) is 9.37 Å². The Labute approximate surface area is 169 Å². The predicted molar refractivity (Wildman–Crippen MR) is 106 cm³/mol. The molecule has 10 heteroatoms. The summed E-state index contributed by atoms with van der Waals surface area (Å²) in [5, 5.41) is 0.184. The molecule has 152 valence electrons. The Morgan fingerprint density at radius 2 is 2.04 bits per heavy atom. The third kappa shape index (κ3) is 4.98. The van der Waals surface area contributed by atoms with E-state index in [1.807, 2.05) is 6.07 Å². The number of nitrogens with zero attached hydrogens (tertiary/aromatic N) is 3. The van der Waals surface area contributed by atoms with Gasteiger partial charge in [-0.1, -0.05) is 23.7 Å². The third-order valence-corrected chi connectivity index (χ3v) is 6.29. The van der Waals surface area contributed by atoms with Crippen LogP contribution in [0.2, 0.25) is 5.02 Å². The first kappa shape index (κ1) is 20.9. The van der Waals surface area contributed by atoms with E-state index in [0.29, 0.717) is 26.3 Å². The summed E-state index contributed by atoms with van der Waals surface area (Å²) in [6.07, 6.45) is 1.68. The van der Waals surface area contributed by atoms with Gasteiger partial charge in [0.05, 0.1) is 13.2 Å². The zero-order chi connectivity index (χ0) is 20.1. The topological polar surface area (TPSA) is 74.8 Å². The molecule has 1 saturated heterocycles. The highest BCUT2D eigenvalue weighted by Gasteiger charge is 2.22. The lowest BCUT2D eigenvalue weighted by Gasteiger charge is -2.29. The summed E-state index contributed by atoms with van der Waals surface area (Å²) in [5.41, 5.74) is 0.887. The molecular formula is C18H22ClFN4O3S. The molecule has 1 fully saturated rings. The molecule has 1 aliphatic heterocycles. The number of aromatic nitrogens is 1. The molecule has 0 unspecified atom stereocenters. The highest BCUT2D eigenvalue weighted by atomic mass is 35.5. The second kappa shape index (κ2) is 9.15. The number of pyridine rings is 1. The molecule has 1 aromatic carbocycles. The maximum absolute atomic E-state index is 14.0. The van der Waals surface area contributed by atoms with Crippen molar-refractivity contribution in [1.29, 1.82) is 0 Å². The number of nitrogens with one attached hydrogen (secondary N) is 1. The molecule has 3 rings (SSSR count). The van der Waals surface area contributed by atoms with E-state index < -0.39 is 16.0 Å². The SMILES string of the molecule is CN(Cc1c(F)cccc1Cl)S(=O)(=O)NCc1cccnc1N1CCOCC1. The smallest absolute Gasteiger partial charge is 0.279 e. The number of rotatable bonds is 7. The van der Waals surface area contributed by atoms with Crippen LogP contribution < -0.4 is 9.62 Å². The molecule has 1 N–H and O–H groups in total. The van der Waals surface area contributed by atoms with Gasteiger partial charge in [-0.3, -0.25) is 0 Å². The molecule has 0 saturated carbocycles. The van der Waals surface area contributed by atoms with E-state index in [1.54, 1.807) is 12.3 Å². The van der Waals surface area contributed by atoms with Crippen molar-refractivity contribution in [3.63, 3.8) is 0 Å². The van der Waals surface area contributed by atoms with Gasteiger partial charge in [0.2, 0.25) is 0 Å². The summed E-state index contributed by atoms with van der Waals surface area (Å²) in [6, 6.07) is 7.84. The highest BCUT2D eigenvalue weighted by Crippen LogP contribution is 2.22. The van der Waals surface area contributed by atoms with Crippen molar-refractivity contribution in [2.24, 2.45) is 0 Å². The van der Waals surface area contributed by atoms with Crippen LogP contribution in [0.5, 0.6) is 0 Å². The maximum atomic E-state index is 14.0. The van der Waals surface area contributed by atoms with Gasteiger partial charge in [0.1, 0.15) is 11.6 Å². The van der Waals surface area contributed by atoms with Crippen LogP contribution in [-0.2, 0) is 28.0 Å². The molecule has 2 aromatic rings. The molecule has 0 amide bonds. The highest BCUT2D eigenvalue weighted by molar-refractivity contribution is 7.87. The van der Waals surface area contributed by atoms with Crippen molar-refractivity contribution >= 4 is 27.6 Å². The number of morpholine rings is 1. The fourth-order valence-corrected chi connectivity index (χ4v) is 3.98. The van der Waals surface area contributed by atoms with Crippen molar-refractivity contribution < 1.29 is 17.5 Å². The van der Waals surface area contributed by atoms with Crippen molar-refractivity contribution in [3.8, 4) is 0 Å². The van der Waals surface area contributed by atoms with Gasteiger partial charge in [-0.2, -0.15) is 17.4 Å². The minimum atomic E-state index is -3.85. The average Bonchev–Trinajstić information content (AvgIpc) is 2.70. The third-order valence-electron chi connectivity index (χ3n) is 4.48. The van der Waals surface area contributed by atoms with Gasteiger partial charge < -0.3 is 9.64 Å². The lowest BCUT2D eigenvalue weighted by molar-refractivity contribution is 0.122. The summed E-state index contributed by atoms with van der Waals surface area (Å²) in [6.45, 7) is 2.50. The van der Waals surface area contributed by atoms with Crippen molar-refractivity contribution in [2.45, 2.75) is 13.1 Å². The molecule has 7 nitrogen and oxygen atoms in total. The molecule has 1 aliphatic rings. The molecule has 0 bridgehead atoms. The number of halogens is 2. The first-order chi connectivity index (χ1) is 13.4. The Balaban J connectivity index is 1.70. The van der Waals surface area contributed by atoms with Crippen LogP contribution in [0.3, 0.4) is 0 Å². The number of benzene rings is 1. The maximum Gasteiger partial charge on any atom is 0.279 e. The van der Waals surface area contributed by atoms with Crippen molar-refractivity contribution in [1.82, 2.24) is 14.0 Å². The van der Waals surface area contributed by atoms with Gasteiger partial charge in [-0.15, -0.1) is 0 Å². The largest absolute Gasteiger partial charge is 0.378 e. The zero-order valence-electron chi connectivity index (χ0n) is 15.4. The van der Waals surface area contributed by atoms with Crippen molar-refractivity contribution in [3.05, 3.63) is 58.5 Å². The fourth-order valence-electron chi connectivity index (χ4n) is 2.90. The summed E-state index contributed by atoms with van der Waals surface area (Å²) in [5.74, 6) is 0.185. The molecule has 0 spiro atoms. The van der Waals surface area contributed by atoms with E-state index in [4.69, 9.17) is 16.3 Å². The Morgan fingerprint density at radius 3 is 2.75 bits per heavy atom. The molecule has 0 atom stereocenters. The van der Waals surface area contributed by atoms with Crippen LogP contribution in [0.1, 0.15) is 11.1 Å². The number of ether oxygens (including phenoxy) is 1. The number of hydrogen-bond acceptors (Lipinski definition) is 5. The van der Waals surface area contributed by atoms with Crippen LogP contribution in [-0.4, -0.2) is 51.1 Å². The Morgan fingerprint density at radius 1 is 1.29 bits per heavy atom. The van der Waals surface area contributed by atoms with E-state index in [0.717, 1.165) is 15.7 Å². The van der Waals surface area contributed by atoms with E-state index in [1.165, 1.54) is 25.2 Å². The minimum Gasteiger partial charge on any atom is -0.378 e. The molecular weight excluding hydrogens is 407 g/mol. The van der Waals surface area contributed by atoms with Gasteiger partial charge in [-0.05, 0) is 18.2 Å². The monoisotopic (exact) mass is 428 g/mol. The van der Waals surface area contributed by atoms with Crippen molar-refractivity contribution in [2.75, 3.05) is 38.3 Å². The lowest BCUT2D eigenvalue weighted by Crippen LogP contribution is -2.39. The van der Waals surface area contributed by atoms with E-state index in [-0.39, 0.29) is 23.7 Å². The molecule has 0 aliphatic carbocycles. The average molecular weight is 429 g/mol. The zero-order valence-corrected chi connectivity index (χ0v) is 17.0. The van der Waals surface area contributed by atoms with Crippen LogP contribution in [0.15, 0.2) is 36.5 Å². The standard InChI is InChI=1S/C18H22ClFN4O3S/c1-23(13-15-16(19)5-2-6-17(15)20)28(25,26)22-12-14-4-3-7-21-18(14)24-8-10-27-11-9-24/h2-7,22H,8-13H2,1H3. The van der Waals surface area contributed by atoms with Crippen LogP contribution >= 0.6 is 11.6 Å². The van der Waals surface area contributed by atoms with Crippen LogP contribution in [0.4, 0.5) is 10.2 Å². The number of anilines is 1. The predicted octanol–water partition coefficient (Wildman–Crippen LogP) is 2.18. The van der Waals surface area contributed by atoms with Gasteiger partial charge in [0, 0.05) is 55.6 Å². The lowest BCUT2D eigenvalue weighted by atomic mass is 10.2. The van der Waals surface area contributed by atoms with Crippen LogP contribution in [0, 0.1) is 5.82 Å². The molecule has 0 radical (unpaired) electrons. The number of hydrogen-bond donors (Lipinski definition) is 1. The first-order valence-electron chi connectivity index (χ1n) is 8.79. The van der Waals surface area contributed by atoms with Crippen LogP contribution in [0.25, 0.3) is 0 Å². The summed E-state index contributed by atoms with van der Waals surface area (Å²) in [4.78, 5) is 6.46. The van der Waals surface area contributed by atoms with Gasteiger partial charge in [0.15, 0.2) is 0 Å². The first-order valence-corrected chi connectivity index (χ1v) is 10.6. The Bertz CT molecular complexity index is 903. The molecule has 1 aromatic heterocycles. The molecule has 28 heavy (non-hydrogen) atoms. The van der Waals surface area contributed by atoms with E-state index in [9.17, 15) is 12.8 Å². The summed E-state index contributed by atoms with van der Waals surface area (Å²) in [7, 11) is -2.48. The van der Waals surface area contributed by atoms with E-state index >= 15 is 0 Å². The van der Waals surface area contributed by atoms with Gasteiger partial charge >= 0.3 is 0 Å².